The van der Waals surface area contributed by atoms with Gasteiger partial charge < -0.3 is 9.72 Å². The number of fused-ring (bicyclic) bond motifs is 1. The molecule has 2 fully saturated rings. The van der Waals surface area contributed by atoms with Crippen LogP contribution in [-0.4, -0.2) is 83.4 Å². The standard InChI is InChI=1S/C19H26ClN5O4S/c1-13-10-25(11-14(2)29-13)30(27,28)24-7-5-23(6-8-24)12-18-21-17-4-3-15(20)9-16(17)19(26)22-18/h3-4,9,13-14H,5-8,10-12H2,1-2H3,(H,21,22,26)/t13-,14+. The maximum absolute atomic E-state index is 13.0. The number of hydrogen-bond donors (Lipinski definition) is 1. The van der Waals surface area contributed by atoms with Crippen molar-refractivity contribution in [1.82, 2.24) is 23.5 Å². The zero-order valence-electron chi connectivity index (χ0n) is 17.0. The quantitative estimate of drug-likeness (QED) is 0.739. The first-order chi connectivity index (χ1) is 14.2. The molecule has 1 N–H and O–H groups in total. The van der Waals surface area contributed by atoms with Crippen molar-refractivity contribution < 1.29 is 13.2 Å². The molecule has 2 aliphatic heterocycles. The Labute approximate surface area is 180 Å². The average Bonchev–Trinajstić information content (AvgIpc) is 2.68. The van der Waals surface area contributed by atoms with Crippen LogP contribution >= 0.6 is 11.6 Å². The zero-order valence-corrected chi connectivity index (χ0v) is 18.6. The molecule has 0 unspecified atom stereocenters. The van der Waals surface area contributed by atoms with Gasteiger partial charge in [-0.1, -0.05) is 11.6 Å². The van der Waals surface area contributed by atoms with Gasteiger partial charge in [-0.05, 0) is 32.0 Å². The van der Waals surface area contributed by atoms with E-state index < -0.39 is 10.2 Å². The molecule has 0 saturated carbocycles. The molecule has 30 heavy (non-hydrogen) atoms. The predicted molar refractivity (Wildman–Crippen MR) is 115 cm³/mol. The maximum Gasteiger partial charge on any atom is 0.282 e. The van der Waals surface area contributed by atoms with Gasteiger partial charge in [-0.25, -0.2) is 4.98 Å². The van der Waals surface area contributed by atoms with Crippen LogP contribution in [-0.2, 0) is 21.5 Å². The average molecular weight is 456 g/mol. The van der Waals surface area contributed by atoms with Gasteiger partial charge in [-0.3, -0.25) is 9.69 Å². The van der Waals surface area contributed by atoms with Crippen molar-refractivity contribution in [3.63, 3.8) is 0 Å². The molecule has 1 aromatic carbocycles. The Bertz CT molecular complexity index is 1070. The number of nitrogens with zero attached hydrogens (tertiary/aromatic N) is 4. The molecular formula is C19H26ClN5O4S. The fourth-order valence-corrected chi connectivity index (χ4v) is 5.97. The van der Waals surface area contributed by atoms with E-state index in [4.69, 9.17) is 16.3 Å². The summed E-state index contributed by atoms with van der Waals surface area (Å²) in [5, 5.41) is 0.945. The normalized spacial score (nSPS) is 25.0. The Morgan fingerprint density at radius 2 is 1.80 bits per heavy atom. The van der Waals surface area contributed by atoms with Crippen molar-refractivity contribution in [2.24, 2.45) is 0 Å². The molecule has 0 amide bonds. The molecule has 0 aliphatic carbocycles. The van der Waals surface area contributed by atoms with Gasteiger partial charge in [0.15, 0.2) is 0 Å². The van der Waals surface area contributed by atoms with Crippen molar-refractivity contribution in [2.75, 3.05) is 39.3 Å². The molecule has 164 valence electrons. The number of nitrogens with one attached hydrogen (secondary N) is 1. The third-order valence-corrected chi connectivity index (χ3v) is 7.66. The molecule has 4 rings (SSSR count). The van der Waals surface area contributed by atoms with E-state index in [1.165, 1.54) is 8.61 Å². The summed E-state index contributed by atoms with van der Waals surface area (Å²) < 4.78 is 34.8. The number of morpholine rings is 1. The van der Waals surface area contributed by atoms with Crippen LogP contribution in [0.5, 0.6) is 0 Å². The van der Waals surface area contributed by atoms with Gasteiger partial charge >= 0.3 is 0 Å². The number of ether oxygens (including phenoxy) is 1. The summed E-state index contributed by atoms with van der Waals surface area (Å²) in [4.78, 5) is 21.7. The SMILES string of the molecule is C[C@@H]1CN(S(=O)(=O)N2CCN(Cc3nc4ccc(Cl)cc4c(=O)[nH]3)CC2)C[C@H](C)O1. The Hall–Kier alpha value is -1.56. The van der Waals surface area contributed by atoms with E-state index in [2.05, 4.69) is 14.9 Å². The molecule has 1 aromatic heterocycles. The Balaban J connectivity index is 1.41. The molecule has 11 heteroatoms. The van der Waals surface area contributed by atoms with Crippen LogP contribution in [0, 0.1) is 0 Å². The monoisotopic (exact) mass is 455 g/mol. The molecule has 2 saturated heterocycles. The Morgan fingerprint density at radius 3 is 2.47 bits per heavy atom. The predicted octanol–water partition coefficient (Wildman–Crippen LogP) is 1.05. The van der Waals surface area contributed by atoms with Crippen LogP contribution in [0.25, 0.3) is 10.9 Å². The number of halogens is 1. The smallest absolute Gasteiger partial charge is 0.282 e. The van der Waals surface area contributed by atoms with Gasteiger partial charge in [0.05, 0.1) is 29.7 Å². The second-order valence-corrected chi connectivity index (χ2v) is 10.3. The summed E-state index contributed by atoms with van der Waals surface area (Å²) in [7, 11) is -3.51. The van der Waals surface area contributed by atoms with Crippen molar-refractivity contribution >= 4 is 32.7 Å². The molecule has 9 nitrogen and oxygen atoms in total. The molecule has 0 radical (unpaired) electrons. The van der Waals surface area contributed by atoms with Crippen LogP contribution < -0.4 is 5.56 Å². The molecule has 3 heterocycles. The third-order valence-electron chi connectivity index (χ3n) is 5.46. The minimum absolute atomic E-state index is 0.115. The summed E-state index contributed by atoms with van der Waals surface area (Å²) >= 11 is 5.96. The van der Waals surface area contributed by atoms with E-state index in [0.29, 0.717) is 67.6 Å². The highest BCUT2D eigenvalue weighted by Gasteiger charge is 2.36. The fraction of sp³-hybridized carbons (Fsp3) is 0.579. The second kappa shape index (κ2) is 8.52. The Kier molecular flexibility index (Phi) is 6.16. The van der Waals surface area contributed by atoms with E-state index in [9.17, 15) is 13.2 Å². The van der Waals surface area contributed by atoms with E-state index in [1.54, 1.807) is 18.2 Å². The molecular weight excluding hydrogens is 430 g/mol. The summed E-state index contributed by atoms with van der Waals surface area (Å²) in [6, 6.07) is 5.03. The molecule has 2 atom stereocenters. The van der Waals surface area contributed by atoms with E-state index in [1.807, 2.05) is 13.8 Å². The van der Waals surface area contributed by atoms with Crippen LogP contribution in [0.4, 0.5) is 0 Å². The topological polar surface area (TPSA) is 98.8 Å². The van der Waals surface area contributed by atoms with Crippen molar-refractivity contribution in [1.29, 1.82) is 0 Å². The number of benzene rings is 1. The van der Waals surface area contributed by atoms with Gasteiger partial charge in [0.1, 0.15) is 5.82 Å². The van der Waals surface area contributed by atoms with Crippen LogP contribution in [0.2, 0.25) is 5.02 Å². The van der Waals surface area contributed by atoms with Crippen molar-refractivity contribution in [3.05, 3.63) is 39.4 Å². The van der Waals surface area contributed by atoms with Gasteiger partial charge in [0.25, 0.3) is 15.8 Å². The van der Waals surface area contributed by atoms with Gasteiger partial charge in [-0.2, -0.15) is 17.0 Å². The number of hydrogen-bond acceptors (Lipinski definition) is 6. The van der Waals surface area contributed by atoms with E-state index in [-0.39, 0.29) is 17.8 Å². The van der Waals surface area contributed by atoms with Crippen LogP contribution in [0.3, 0.4) is 0 Å². The highest BCUT2D eigenvalue weighted by Crippen LogP contribution is 2.20. The highest BCUT2D eigenvalue weighted by atomic mass is 35.5. The van der Waals surface area contributed by atoms with E-state index >= 15 is 0 Å². The first-order valence-corrected chi connectivity index (χ1v) is 11.8. The summed E-state index contributed by atoms with van der Waals surface area (Å²) in [6.07, 6.45) is -0.231. The number of H-pyrrole nitrogens is 1. The lowest BCUT2D eigenvalue weighted by Crippen LogP contribution is -2.57. The van der Waals surface area contributed by atoms with Crippen molar-refractivity contribution in [3.8, 4) is 0 Å². The first kappa shape index (κ1) is 21.7. The molecule has 2 aliphatic rings. The summed E-state index contributed by atoms with van der Waals surface area (Å²) in [6.45, 7) is 6.91. The van der Waals surface area contributed by atoms with Gasteiger partial charge in [-0.15, -0.1) is 0 Å². The Morgan fingerprint density at radius 1 is 1.13 bits per heavy atom. The van der Waals surface area contributed by atoms with Gasteiger partial charge in [0.2, 0.25) is 0 Å². The van der Waals surface area contributed by atoms with Crippen LogP contribution in [0.15, 0.2) is 23.0 Å². The van der Waals surface area contributed by atoms with Crippen LogP contribution in [0.1, 0.15) is 19.7 Å². The summed E-state index contributed by atoms with van der Waals surface area (Å²) in [5.41, 5.74) is 0.365. The number of piperazine rings is 1. The van der Waals surface area contributed by atoms with Gasteiger partial charge in [0, 0.05) is 44.3 Å². The largest absolute Gasteiger partial charge is 0.373 e. The maximum atomic E-state index is 13.0. The second-order valence-electron chi connectivity index (χ2n) is 7.93. The fourth-order valence-electron chi connectivity index (χ4n) is 4.05. The molecule has 0 bridgehead atoms. The lowest BCUT2D eigenvalue weighted by Gasteiger charge is -2.40. The van der Waals surface area contributed by atoms with Crippen molar-refractivity contribution in [2.45, 2.75) is 32.6 Å². The number of aromatic nitrogens is 2. The summed E-state index contributed by atoms with van der Waals surface area (Å²) in [5.74, 6) is 0.557. The number of aromatic amines is 1. The lowest BCUT2D eigenvalue weighted by molar-refractivity contribution is -0.0457. The minimum atomic E-state index is -3.51. The van der Waals surface area contributed by atoms with E-state index in [0.717, 1.165) is 0 Å². The minimum Gasteiger partial charge on any atom is -0.373 e. The molecule has 0 spiro atoms. The third kappa shape index (κ3) is 4.53. The lowest BCUT2D eigenvalue weighted by atomic mass is 10.2. The highest BCUT2D eigenvalue weighted by molar-refractivity contribution is 7.86. The molecule has 2 aromatic rings. The number of rotatable bonds is 4. The first-order valence-electron chi connectivity index (χ1n) is 10.0. The zero-order chi connectivity index (χ0) is 21.5.